The minimum absolute atomic E-state index is 0.0532. The second-order valence-corrected chi connectivity index (χ2v) is 4.00. The van der Waals surface area contributed by atoms with Crippen LogP contribution >= 0.6 is 0 Å². The van der Waals surface area contributed by atoms with Crippen LogP contribution in [0.1, 0.15) is 13.8 Å². The van der Waals surface area contributed by atoms with Gasteiger partial charge >= 0.3 is 0 Å². The number of nitrogens with zero attached hydrogens (tertiary/aromatic N) is 1. The van der Waals surface area contributed by atoms with E-state index in [9.17, 15) is 0 Å². The molecule has 2 aliphatic heterocycles. The van der Waals surface area contributed by atoms with Crippen molar-refractivity contribution in [3.63, 3.8) is 0 Å². The van der Waals surface area contributed by atoms with E-state index >= 15 is 0 Å². The maximum Gasteiger partial charge on any atom is 0.0917 e. The van der Waals surface area contributed by atoms with Crippen LogP contribution in [-0.4, -0.2) is 17.9 Å². The lowest BCUT2D eigenvalue weighted by molar-refractivity contribution is -0.0392. The average Bonchev–Trinajstić information content (AvgIpc) is 2.02. The summed E-state index contributed by atoms with van der Waals surface area (Å²) in [5.74, 6) is 0.123. The van der Waals surface area contributed by atoms with E-state index in [1.54, 1.807) is 6.20 Å². The van der Waals surface area contributed by atoms with Gasteiger partial charge in [0.2, 0.25) is 0 Å². The van der Waals surface area contributed by atoms with Gasteiger partial charge in [0.25, 0.3) is 0 Å². The molecule has 3 nitrogen and oxygen atoms in total. The molecule has 3 heteroatoms. The number of ether oxygens (including phenoxy) is 1. The van der Waals surface area contributed by atoms with Gasteiger partial charge in [-0.1, -0.05) is 0 Å². The van der Waals surface area contributed by atoms with E-state index in [2.05, 4.69) is 4.99 Å². The van der Waals surface area contributed by atoms with E-state index in [0.29, 0.717) is 0 Å². The van der Waals surface area contributed by atoms with Crippen molar-refractivity contribution in [2.45, 2.75) is 25.6 Å². The van der Waals surface area contributed by atoms with Crippen molar-refractivity contribution in [3.05, 3.63) is 24.0 Å². The molecule has 0 bridgehead atoms. The summed E-state index contributed by atoms with van der Waals surface area (Å²) < 4.78 is 5.81. The normalized spacial score (nSPS) is 35.4. The first kappa shape index (κ1) is 8.51. The van der Waals surface area contributed by atoms with E-state index in [0.717, 1.165) is 5.70 Å². The van der Waals surface area contributed by atoms with Crippen LogP contribution in [0.15, 0.2) is 29.0 Å². The number of hydrogen-bond donors (Lipinski definition) is 1. The van der Waals surface area contributed by atoms with Crippen molar-refractivity contribution in [2.24, 2.45) is 16.6 Å². The first-order chi connectivity index (χ1) is 6.08. The second-order valence-electron chi connectivity index (χ2n) is 4.00. The van der Waals surface area contributed by atoms with Crippen molar-refractivity contribution < 1.29 is 4.74 Å². The van der Waals surface area contributed by atoms with Gasteiger partial charge in [0, 0.05) is 18.1 Å². The SMILES string of the molecule is CC1(C)C=C(N)C2C=NC=CC2O1. The number of aliphatic imine (C=N–C) groups is 1. The predicted molar refractivity (Wildman–Crippen MR) is 52.3 cm³/mol. The summed E-state index contributed by atoms with van der Waals surface area (Å²) >= 11 is 0. The second kappa shape index (κ2) is 2.70. The summed E-state index contributed by atoms with van der Waals surface area (Å²) in [5.41, 5.74) is 6.51. The fourth-order valence-electron chi connectivity index (χ4n) is 1.75. The Morgan fingerprint density at radius 1 is 1.54 bits per heavy atom. The zero-order chi connectivity index (χ0) is 9.47. The highest BCUT2D eigenvalue weighted by Crippen LogP contribution is 2.30. The van der Waals surface area contributed by atoms with Gasteiger partial charge in [-0.2, -0.15) is 0 Å². The Kier molecular flexibility index (Phi) is 1.77. The van der Waals surface area contributed by atoms with Crippen LogP contribution in [0.4, 0.5) is 0 Å². The van der Waals surface area contributed by atoms with Gasteiger partial charge in [-0.25, -0.2) is 0 Å². The zero-order valence-electron chi connectivity index (χ0n) is 7.90. The molecule has 0 amide bonds. The Hall–Kier alpha value is -1.09. The van der Waals surface area contributed by atoms with E-state index in [1.807, 2.05) is 32.2 Å². The van der Waals surface area contributed by atoms with Crippen LogP contribution in [0.25, 0.3) is 0 Å². The van der Waals surface area contributed by atoms with Gasteiger partial charge in [0.1, 0.15) is 0 Å². The van der Waals surface area contributed by atoms with Crippen LogP contribution < -0.4 is 5.73 Å². The van der Waals surface area contributed by atoms with Crippen LogP contribution in [0.5, 0.6) is 0 Å². The minimum Gasteiger partial charge on any atom is -0.402 e. The zero-order valence-corrected chi connectivity index (χ0v) is 7.90. The molecule has 2 atom stereocenters. The lowest BCUT2D eigenvalue weighted by Gasteiger charge is -2.37. The molecule has 0 radical (unpaired) electrons. The Bertz CT molecular complexity index is 302. The Balaban J connectivity index is 2.33. The van der Waals surface area contributed by atoms with Gasteiger partial charge in [-0.15, -0.1) is 0 Å². The third-order valence-electron chi connectivity index (χ3n) is 2.30. The number of fused-ring (bicyclic) bond motifs is 1. The maximum atomic E-state index is 5.92. The molecule has 2 unspecified atom stereocenters. The molecule has 2 N–H and O–H groups in total. The molecule has 0 aliphatic carbocycles. The standard InChI is InChI=1S/C10H14N2O/c1-10(2)5-8(11)7-6-12-4-3-9(7)13-10/h3-7,9H,11H2,1-2H3. The van der Waals surface area contributed by atoms with Crippen molar-refractivity contribution in [1.29, 1.82) is 0 Å². The van der Waals surface area contributed by atoms with Crippen LogP contribution in [-0.2, 0) is 4.74 Å². The molecule has 2 aliphatic rings. The fraction of sp³-hybridized carbons (Fsp3) is 0.500. The minimum atomic E-state index is -0.263. The molecule has 13 heavy (non-hydrogen) atoms. The molecule has 0 aromatic carbocycles. The van der Waals surface area contributed by atoms with Gasteiger partial charge in [-0.05, 0) is 26.0 Å². The van der Waals surface area contributed by atoms with Crippen molar-refractivity contribution in [2.75, 3.05) is 0 Å². The molecule has 0 spiro atoms. The first-order valence-electron chi connectivity index (χ1n) is 4.44. The van der Waals surface area contributed by atoms with Gasteiger partial charge in [-0.3, -0.25) is 4.99 Å². The fourth-order valence-corrected chi connectivity index (χ4v) is 1.75. The Labute approximate surface area is 78.0 Å². The van der Waals surface area contributed by atoms with Crippen LogP contribution in [0, 0.1) is 5.92 Å². The third-order valence-corrected chi connectivity index (χ3v) is 2.30. The van der Waals surface area contributed by atoms with Crippen LogP contribution in [0.2, 0.25) is 0 Å². The van der Waals surface area contributed by atoms with Gasteiger partial charge in [0.15, 0.2) is 0 Å². The highest BCUT2D eigenvalue weighted by molar-refractivity contribution is 5.68. The summed E-state index contributed by atoms with van der Waals surface area (Å²) in [6.45, 7) is 4.02. The molecular weight excluding hydrogens is 164 g/mol. The van der Waals surface area contributed by atoms with Crippen molar-refractivity contribution in [3.8, 4) is 0 Å². The first-order valence-corrected chi connectivity index (χ1v) is 4.44. The predicted octanol–water partition coefficient (Wildman–Crippen LogP) is 1.22. The summed E-state index contributed by atoms with van der Waals surface area (Å²) in [5, 5.41) is 0. The molecule has 70 valence electrons. The van der Waals surface area contributed by atoms with E-state index in [-0.39, 0.29) is 17.6 Å². The summed E-state index contributed by atoms with van der Waals surface area (Å²) in [6.07, 6.45) is 7.56. The number of rotatable bonds is 0. The quantitative estimate of drug-likeness (QED) is 0.606. The lowest BCUT2D eigenvalue weighted by atomic mass is 9.90. The Morgan fingerprint density at radius 3 is 3.08 bits per heavy atom. The molecule has 0 aromatic heterocycles. The summed E-state index contributed by atoms with van der Waals surface area (Å²) in [6, 6.07) is 0. The monoisotopic (exact) mass is 178 g/mol. The smallest absolute Gasteiger partial charge is 0.0917 e. The highest BCUT2D eigenvalue weighted by Gasteiger charge is 2.33. The van der Waals surface area contributed by atoms with Gasteiger partial charge < -0.3 is 10.5 Å². The van der Waals surface area contributed by atoms with E-state index in [1.165, 1.54) is 0 Å². The summed E-state index contributed by atoms with van der Waals surface area (Å²) in [7, 11) is 0. The largest absolute Gasteiger partial charge is 0.402 e. The van der Waals surface area contributed by atoms with Crippen molar-refractivity contribution >= 4 is 6.21 Å². The van der Waals surface area contributed by atoms with Gasteiger partial charge in [0.05, 0.1) is 17.6 Å². The van der Waals surface area contributed by atoms with E-state index in [4.69, 9.17) is 10.5 Å². The van der Waals surface area contributed by atoms with Crippen LogP contribution in [0.3, 0.4) is 0 Å². The molecule has 2 heterocycles. The average molecular weight is 178 g/mol. The number of hydrogen-bond acceptors (Lipinski definition) is 3. The maximum absolute atomic E-state index is 5.92. The molecule has 0 aromatic rings. The molecular formula is C10H14N2O. The highest BCUT2D eigenvalue weighted by atomic mass is 16.5. The number of nitrogens with two attached hydrogens (primary N) is 1. The van der Waals surface area contributed by atoms with E-state index < -0.39 is 0 Å². The van der Waals surface area contributed by atoms with Crippen molar-refractivity contribution in [1.82, 2.24) is 0 Å². The molecule has 0 saturated carbocycles. The third kappa shape index (κ3) is 1.52. The molecule has 2 rings (SSSR count). The Morgan fingerprint density at radius 2 is 2.31 bits per heavy atom. The molecule has 0 fully saturated rings. The lowest BCUT2D eigenvalue weighted by Crippen LogP contribution is -2.42. The topological polar surface area (TPSA) is 47.6 Å². The molecule has 0 saturated heterocycles. The summed E-state index contributed by atoms with van der Waals surface area (Å²) in [4.78, 5) is 4.05.